The number of aromatic nitrogens is 1. The summed E-state index contributed by atoms with van der Waals surface area (Å²) in [6, 6.07) is 9.36. The molecule has 0 bridgehead atoms. The van der Waals surface area contributed by atoms with E-state index in [1.165, 1.54) is 0 Å². The number of amides is 1. The molecule has 0 spiro atoms. The minimum Gasteiger partial charge on any atom is -0.493 e. The average Bonchev–Trinajstić information content (AvgIpc) is 2.61. The lowest BCUT2D eigenvalue weighted by molar-refractivity contribution is -0.121. The van der Waals surface area contributed by atoms with Crippen molar-refractivity contribution in [3.05, 3.63) is 53.9 Å². The maximum Gasteiger partial charge on any atom is 0.259 e. The summed E-state index contributed by atoms with van der Waals surface area (Å²) in [4.78, 5) is 17.2. The lowest BCUT2D eigenvalue weighted by atomic mass is 10.1. The number of carbonyl (C=O) groups excluding carboxylic acids is 1. The van der Waals surface area contributed by atoms with Crippen molar-refractivity contribution in [2.75, 3.05) is 20.7 Å². The Hall–Kier alpha value is -3.09. The van der Waals surface area contributed by atoms with Gasteiger partial charge in [-0.25, -0.2) is 5.43 Å². The number of methoxy groups -OCH3 is 1. The molecule has 1 aromatic heterocycles. The molecular weight excluding hydrogens is 308 g/mol. The Morgan fingerprint density at radius 1 is 1.29 bits per heavy atom. The zero-order chi connectivity index (χ0) is 16.9. The van der Waals surface area contributed by atoms with Crippen LogP contribution >= 0.6 is 0 Å². The molecule has 7 nitrogen and oxygen atoms in total. The highest BCUT2D eigenvalue weighted by Gasteiger charge is 2.19. The monoisotopic (exact) mass is 326 g/mol. The van der Waals surface area contributed by atoms with Crippen LogP contribution in [-0.2, 0) is 11.4 Å². The summed E-state index contributed by atoms with van der Waals surface area (Å²) < 4.78 is 11.2. The second-order valence-corrected chi connectivity index (χ2v) is 5.34. The summed E-state index contributed by atoms with van der Waals surface area (Å²) in [6.07, 6.45) is 3.48. The van der Waals surface area contributed by atoms with Crippen LogP contribution in [0.15, 0.2) is 47.8 Å². The van der Waals surface area contributed by atoms with Crippen molar-refractivity contribution in [3.8, 4) is 11.5 Å². The molecule has 0 saturated carbocycles. The van der Waals surface area contributed by atoms with Gasteiger partial charge < -0.3 is 14.4 Å². The number of ether oxygens (including phenoxy) is 2. The Kier molecular flexibility index (Phi) is 4.60. The first-order valence-electron chi connectivity index (χ1n) is 7.45. The van der Waals surface area contributed by atoms with Gasteiger partial charge in [0, 0.05) is 30.6 Å². The Balaban J connectivity index is 1.79. The number of nitrogens with zero attached hydrogens (tertiary/aromatic N) is 3. The maximum atomic E-state index is 11.3. The van der Waals surface area contributed by atoms with E-state index in [0.29, 0.717) is 23.9 Å². The Morgan fingerprint density at radius 2 is 2.17 bits per heavy atom. The second kappa shape index (κ2) is 6.99. The highest BCUT2D eigenvalue weighted by molar-refractivity contribution is 6.03. The Labute approximate surface area is 139 Å². The number of carbonyl (C=O) groups is 1. The summed E-state index contributed by atoms with van der Waals surface area (Å²) in [5, 5.41) is 4.10. The molecule has 1 aromatic carbocycles. The lowest BCUT2D eigenvalue weighted by Crippen LogP contribution is -2.43. The SMILES string of the molecule is COc1cc(C2=NNC(=O)CN2C)ccc1OCc1cccnc1. The summed E-state index contributed by atoms with van der Waals surface area (Å²) in [5.74, 6) is 1.77. The number of likely N-dealkylation sites (N-methyl/N-ethyl adjacent to an activating group) is 1. The van der Waals surface area contributed by atoms with Crippen LogP contribution in [0.3, 0.4) is 0 Å². The molecule has 124 valence electrons. The first kappa shape index (κ1) is 15.8. The molecule has 0 atom stereocenters. The predicted molar refractivity (Wildman–Crippen MR) is 88.9 cm³/mol. The molecule has 7 heteroatoms. The fraction of sp³-hybridized carbons (Fsp3) is 0.235. The summed E-state index contributed by atoms with van der Waals surface area (Å²) >= 11 is 0. The van der Waals surface area contributed by atoms with E-state index in [4.69, 9.17) is 9.47 Å². The molecule has 2 aromatic rings. The average molecular weight is 326 g/mol. The van der Waals surface area contributed by atoms with Crippen LogP contribution in [0.4, 0.5) is 0 Å². The van der Waals surface area contributed by atoms with E-state index in [1.807, 2.05) is 37.4 Å². The normalized spacial score (nSPS) is 14.0. The zero-order valence-electron chi connectivity index (χ0n) is 13.5. The quantitative estimate of drug-likeness (QED) is 0.899. The third-order valence-corrected chi connectivity index (χ3v) is 3.57. The van der Waals surface area contributed by atoms with E-state index in [2.05, 4.69) is 15.5 Å². The van der Waals surface area contributed by atoms with Crippen LogP contribution in [0.1, 0.15) is 11.1 Å². The molecule has 0 radical (unpaired) electrons. The van der Waals surface area contributed by atoms with Gasteiger partial charge in [0.2, 0.25) is 0 Å². The van der Waals surface area contributed by atoms with E-state index in [9.17, 15) is 4.79 Å². The number of hydrogen-bond donors (Lipinski definition) is 1. The minimum atomic E-state index is -0.135. The van der Waals surface area contributed by atoms with Crippen LogP contribution in [-0.4, -0.2) is 42.3 Å². The second-order valence-electron chi connectivity index (χ2n) is 5.34. The van der Waals surface area contributed by atoms with Crippen molar-refractivity contribution >= 4 is 11.7 Å². The number of rotatable bonds is 5. The van der Waals surface area contributed by atoms with Crippen molar-refractivity contribution in [1.29, 1.82) is 0 Å². The van der Waals surface area contributed by atoms with Gasteiger partial charge in [-0.2, -0.15) is 5.10 Å². The van der Waals surface area contributed by atoms with Gasteiger partial charge in [0.1, 0.15) is 6.61 Å². The molecule has 24 heavy (non-hydrogen) atoms. The number of benzene rings is 1. The molecule has 1 amide bonds. The molecule has 1 N–H and O–H groups in total. The van der Waals surface area contributed by atoms with Gasteiger partial charge >= 0.3 is 0 Å². The van der Waals surface area contributed by atoms with Crippen LogP contribution in [0, 0.1) is 0 Å². The van der Waals surface area contributed by atoms with Crippen LogP contribution < -0.4 is 14.9 Å². The first-order valence-corrected chi connectivity index (χ1v) is 7.45. The van der Waals surface area contributed by atoms with E-state index in [-0.39, 0.29) is 12.5 Å². The molecule has 0 unspecified atom stereocenters. The number of hydrogen-bond acceptors (Lipinski definition) is 6. The number of amidine groups is 1. The fourth-order valence-electron chi connectivity index (χ4n) is 2.38. The molecular formula is C17H18N4O3. The van der Waals surface area contributed by atoms with E-state index in [1.54, 1.807) is 24.4 Å². The molecule has 1 aliphatic heterocycles. The van der Waals surface area contributed by atoms with Gasteiger partial charge in [0.05, 0.1) is 13.7 Å². The van der Waals surface area contributed by atoms with Gasteiger partial charge in [-0.3, -0.25) is 9.78 Å². The minimum absolute atomic E-state index is 0.135. The topological polar surface area (TPSA) is 76.0 Å². The van der Waals surface area contributed by atoms with Crippen molar-refractivity contribution < 1.29 is 14.3 Å². The van der Waals surface area contributed by atoms with E-state index >= 15 is 0 Å². The van der Waals surface area contributed by atoms with Gasteiger partial charge in [0.25, 0.3) is 5.91 Å². The summed E-state index contributed by atoms with van der Waals surface area (Å²) in [5.41, 5.74) is 4.30. The Morgan fingerprint density at radius 3 is 2.88 bits per heavy atom. The third kappa shape index (κ3) is 3.45. The third-order valence-electron chi connectivity index (χ3n) is 3.57. The summed E-state index contributed by atoms with van der Waals surface area (Å²) in [6.45, 7) is 0.668. The van der Waals surface area contributed by atoms with Gasteiger partial charge in [-0.05, 0) is 24.3 Å². The standard InChI is InChI=1S/C17H18N4O3/c1-21-10-16(22)19-20-17(21)13-5-6-14(15(8-13)23-2)24-11-12-4-3-7-18-9-12/h3-9H,10-11H2,1-2H3,(H,19,22). The van der Waals surface area contributed by atoms with E-state index < -0.39 is 0 Å². The van der Waals surface area contributed by atoms with Crippen LogP contribution in [0.25, 0.3) is 0 Å². The van der Waals surface area contributed by atoms with Crippen molar-refractivity contribution in [2.45, 2.75) is 6.61 Å². The smallest absolute Gasteiger partial charge is 0.259 e. The number of pyridine rings is 1. The molecule has 0 fully saturated rings. The van der Waals surface area contributed by atoms with Crippen molar-refractivity contribution in [1.82, 2.24) is 15.3 Å². The van der Waals surface area contributed by atoms with Crippen molar-refractivity contribution in [3.63, 3.8) is 0 Å². The largest absolute Gasteiger partial charge is 0.493 e. The zero-order valence-corrected chi connectivity index (χ0v) is 13.5. The summed E-state index contributed by atoms with van der Waals surface area (Å²) in [7, 11) is 3.40. The lowest BCUT2D eigenvalue weighted by Gasteiger charge is -2.24. The van der Waals surface area contributed by atoms with Crippen LogP contribution in [0.2, 0.25) is 0 Å². The van der Waals surface area contributed by atoms with E-state index in [0.717, 1.165) is 11.1 Å². The highest BCUT2D eigenvalue weighted by atomic mass is 16.5. The van der Waals surface area contributed by atoms with Gasteiger partial charge in [-0.1, -0.05) is 6.07 Å². The molecule has 1 aliphatic rings. The van der Waals surface area contributed by atoms with Gasteiger partial charge in [0.15, 0.2) is 17.3 Å². The molecule has 2 heterocycles. The predicted octanol–water partition coefficient (Wildman–Crippen LogP) is 1.39. The molecule has 0 saturated heterocycles. The van der Waals surface area contributed by atoms with Crippen molar-refractivity contribution in [2.24, 2.45) is 5.10 Å². The molecule has 3 rings (SSSR count). The van der Waals surface area contributed by atoms with Crippen LogP contribution in [0.5, 0.6) is 11.5 Å². The fourth-order valence-corrected chi connectivity index (χ4v) is 2.38. The first-order chi connectivity index (χ1) is 11.7. The molecule has 0 aliphatic carbocycles. The number of nitrogens with one attached hydrogen (secondary N) is 1. The highest BCUT2D eigenvalue weighted by Crippen LogP contribution is 2.29. The number of hydrazone groups is 1. The Bertz CT molecular complexity index is 762. The van der Waals surface area contributed by atoms with Gasteiger partial charge in [-0.15, -0.1) is 0 Å². The maximum absolute atomic E-state index is 11.3.